The van der Waals surface area contributed by atoms with Gasteiger partial charge in [-0.05, 0) is 62.2 Å². The van der Waals surface area contributed by atoms with Crippen LogP contribution in [0.3, 0.4) is 0 Å². The Morgan fingerprint density at radius 1 is 0.971 bits per heavy atom. The second-order valence-corrected chi connectivity index (χ2v) is 7.85. The lowest BCUT2D eigenvalue weighted by Gasteiger charge is -2.12. The minimum Gasteiger partial charge on any atom is -0.490 e. The van der Waals surface area contributed by atoms with Crippen molar-refractivity contribution < 1.29 is 23.4 Å². The van der Waals surface area contributed by atoms with Gasteiger partial charge in [0.2, 0.25) is 0 Å². The first-order chi connectivity index (χ1) is 17.1. The second kappa shape index (κ2) is 11.3. The molecular formula is C27H29N3O5. The van der Waals surface area contributed by atoms with Crippen molar-refractivity contribution in [3.63, 3.8) is 0 Å². The van der Waals surface area contributed by atoms with Gasteiger partial charge in [-0.25, -0.2) is 0 Å². The van der Waals surface area contributed by atoms with Crippen LogP contribution in [0.1, 0.15) is 41.3 Å². The Balaban J connectivity index is 1.35. The molecule has 0 aliphatic carbocycles. The number of hydrogen-bond acceptors (Lipinski definition) is 6. The molecular weight excluding hydrogens is 446 g/mol. The van der Waals surface area contributed by atoms with Gasteiger partial charge in [-0.15, -0.1) is 0 Å². The van der Waals surface area contributed by atoms with Gasteiger partial charge >= 0.3 is 0 Å². The van der Waals surface area contributed by atoms with E-state index in [1.54, 1.807) is 29.2 Å². The Labute approximate surface area is 204 Å². The van der Waals surface area contributed by atoms with E-state index in [9.17, 15) is 4.79 Å². The number of benzene rings is 2. The van der Waals surface area contributed by atoms with Crippen molar-refractivity contribution in [3.8, 4) is 17.2 Å². The largest absolute Gasteiger partial charge is 0.490 e. The van der Waals surface area contributed by atoms with E-state index in [0.717, 1.165) is 16.9 Å². The van der Waals surface area contributed by atoms with Gasteiger partial charge in [0.25, 0.3) is 5.91 Å². The topological polar surface area (TPSA) is 87.8 Å². The zero-order valence-corrected chi connectivity index (χ0v) is 20.1. The summed E-state index contributed by atoms with van der Waals surface area (Å²) in [4.78, 5) is 12.6. The van der Waals surface area contributed by atoms with Crippen LogP contribution < -0.4 is 19.5 Å². The number of aromatic nitrogens is 2. The van der Waals surface area contributed by atoms with Crippen LogP contribution >= 0.6 is 0 Å². The van der Waals surface area contributed by atoms with E-state index in [1.165, 1.54) is 0 Å². The number of hydrogen-bond donors (Lipinski definition) is 1. The predicted octanol–water partition coefficient (Wildman–Crippen LogP) is 5.46. The third kappa shape index (κ3) is 6.23. The Hall–Kier alpha value is -4.20. The standard InChI is InChI=1S/C27H29N3O5/c1-4-32-24-12-10-20(14-26(24)33-5-2)16-30-17-21(15-28-30)29-27(31)25-13-11-22(35-25)18-34-23-9-7-6-8-19(23)3/h6-15,17H,4-5,16,18H2,1-3H3,(H,29,31). The molecule has 0 unspecified atom stereocenters. The number of para-hydroxylation sites is 1. The van der Waals surface area contributed by atoms with Crippen molar-refractivity contribution in [1.29, 1.82) is 0 Å². The lowest BCUT2D eigenvalue weighted by molar-refractivity contribution is 0.0992. The molecule has 0 saturated heterocycles. The summed E-state index contributed by atoms with van der Waals surface area (Å²) in [5.41, 5.74) is 2.61. The number of nitrogens with one attached hydrogen (secondary N) is 1. The molecule has 0 radical (unpaired) electrons. The van der Waals surface area contributed by atoms with Crippen LogP contribution in [-0.2, 0) is 13.2 Å². The first kappa shape index (κ1) is 23.9. The van der Waals surface area contributed by atoms with Crippen LogP contribution in [0.4, 0.5) is 5.69 Å². The van der Waals surface area contributed by atoms with Gasteiger partial charge in [0.15, 0.2) is 17.3 Å². The number of carbonyl (C=O) groups is 1. The highest BCUT2D eigenvalue weighted by Gasteiger charge is 2.14. The average molecular weight is 476 g/mol. The van der Waals surface area contributed by atoms with Crippen molar-refractivity contribution in [1.82, 2.24) is 9.78 Å². The van der Waals surface area contributed by atoms with Crippen LogP contribution in [0, 0.1) is 6.92 Å². The van der Waals surface area contributed by atoms with Gasteiger partial charge in [0.1, 0.15) is 18.1 Å². The highest BCUT2D eigenvalue weighted by atomic mass is 16.5. The third-order valence-electron chi connectivity index (χ3n) is 5.19. The minimum atomic E-state index is -0.355. The van der Waals surface area contributed by atoms with Gasteiger partial charge in [0, 0.05) is 6.20 Å². The summed E-state index contributed by atoms with van der Waals surface area (Å²) in [6.07, 6.45) is 3.36. The predicted molar refractivity (Wildman–Crippen MR) is 132 cm³/mol. The van der Waals surface area contributed by atoms with Crippen molar-refractivity contribution >= 4 is 11.6 Å². The van der Waals surface area contributed by atoms with Crippen LogP contribution in [-0.4, -0.2) is 28.9 Å². The number of rotatable bonds is 11. The van der Waals surface area contributed by atoms with Crippen molar-refractivity contribution in [2.45, 2.75) is 33.9 Å². The molecule has 0 aliphatic rings. The molecule has 8 heteroatoms. The smallest absolute Gasteiger partial charge is 0.291 e. The monoisotopic (exact) mass is 475 g/mol. The zero-order chi connectivity index (χ0) is 24.6. The molecule has 0 spiro atoms. The van der Waals surface area contributed by atoms with Crippen molar-refractivity contribution in [2.75, 3.05) is 18.5 Å². The molecule has 0 fully saturated rings. The Morgan fingerprint density at radius 3 is 2.57 bits per heavy atom. The van der Waals surface area contributed by atoms with E-state index < -0.39 is 0 Å². The third-order valence-corrected chi connectivity index (χ3v) is 5.19. The molecule has 182 valence electrons. The van der Waals surface area contributed by atoms with E-state index in [2.05, 4.69) is 10.4 Å². The van der Waals surface area contributed by atoms with Gasteiger partial charge < -0.3 is 23.9 Å². The molecule has 8 nitrogen and oxygen atoms in total. The number of aryl methyl sites for hydroxylation is 1. The summed E-state index contributed by atoms with van der Waals surface area (Å²) in [5.74, 6) is 2.61. The van der Waals surface area contributed by atoms with Crippen LogP contribution in [0.5, 0.6) is 17.2 Å². The summed E-state index contributed by atoms with van der Waals surface area (Å²) in [6.45, 7) is 7.72. The summed E-state index contributed by atoms with van der Waals surface area (Å²) < 4.78 is 24.5. The molecule has 1 N–H and O–H groups in total. The van der Waals surface area contributed by atoms with Crippen molar-refractivity contribution in [3.05, 3.63) is 89.6 Å². The SMILES string of the molecule is CCOc1ccc(Cn2cc(NC(=O)c3ccc(COc4ccccc4C)o3)cn2)cc1OCC. The molecule has 4 rings (SSSR count). The van der Waals surface area contributed by atoms with Gasteiger partial charge in [0.05, 0.1) is 31.6 Å². The Morgan fingerprint density at radius 2 is 1.77 bits per heavy atom. The average Bonchev–Trinajstić information content (AvgIpc) is 3.50. The zero-order valence-electron chi connectivity index (χ0n) is 20.1. The number of furan rings is 1. The maximum Gasteiger partial charge on any atom is 0.291 e. The van der Waals surface area contributed by atoms with E-state index >= 15 is 0 Å². The molecule has 4 aromatic rings. The van der Waals surface area contributed by atoms with E-state index in [1.807, 2.05) is 63.2 Å². The molecule has 2 aromatic heterocycles. The molecule has 2 heterocycles. The summed E-state index contributed by atoms with van der Waals surface area (Å²) in [7, 11) is 0. The summed E-state index contributed by atoms with van der Waals surface area (Å²) >= 11 is 0. The number of carbonyl (C=O) groups excluding carboxylic acids is 1. The van der Waals surface area contributed by atoms with E-state index in [0.29, 0.717) is 42.7 Å². The van der Waals surface area contributed by atoms with Crippen molar-refractivity contribution in [2.24, 2.45) is 0 Å². The lowest BCUT2D eigenvalue weighted by Crippen LogP contribution is -2.10. The van der Waals surface area contributed by atoms with Gasteiger partial charge in [-0.3, -0.25) is 9.48 Å². The second-order valence-electron chi connectivity index (χ2n) is 7.85. The summed E-state index contributed by atoms with van der Waals surface area (Å²) in [5, 5.41) is 7.16. The fraction of sp³-hybridized carbons (Fsp3) is 0.259. The van der Waals surface area contributed by atoms with Gasteiger partial charge in [-0.2, -0.15) is 5.10 Å². The number of nitrogens with zero attached hydrogens (tertiary/aromatic N) is 2. The normalized spacial score (nSPS) is 10.7. The first-order valence-corrected chi connectivity index (χ1v) is 11.5. The molecule has 0 saturated carbocycles. The Bertz CT molecular complexity index is 1280. The fourth-order valence-electron chi connectivity index (χ4n) is 3.53. The minimum absolute atomic E-state index is 0.203. The van der Waals surface area contributed by atoms with Crippen LogP contribution in [0.2, 0.25) is 0 Å². The molecule has 35 heavy (non-hydrogen) atoms. The molecule has 0 atom stereocenters. The number of anilines is 1. The highest BCUT2D eigenvalue weighted by Crippen LogP contribution is 2.29. The quantitative estimate of drug-likeness (QED) is 0.310. The first-order valence-electron chi connectivity index (χ1n) is 11.5. The molecule has 0 bridgehead atoms. The number of amides is 1. The Kier molecular flexibility index (Phi) is 7.72. The highest BCUT2D eigenvalue weighted by molar-refractivity contribution is 6.02. The van der Waals surface area contributed by atoms with Crippen LogP contribution in [0.15, 0.2) is 71.4 Å². The van der Waals surface area contributed by atoms with Crippen LogP contribution in [0.25, 0.3) is 0 Å². The van der Waals surface area contributed by atoms with Gasteiger partial charge in [-0.1, -0.05) is 24.3 Å². The summed E-state index contributed by atoms with van der Waals surface area (Å²) in [6, 6.07) is 16.9. The molecule has 0 aliphatic heterocycles. The molecule has 2 aromatic carbocycles. The maximum atomic E-state index is 12.6. The number of ether oxygens (including phenoxy) is 3. The maximum absolute atomic E-state index is 12.6. The fourth-order valence-corrected chi connectivity index (χ4v) is 3.53. The van der Waals surface area contributed by atoms with E-state index in [4.69, 9.17) is 18.6 Å². The molecule has 1 amide bonds. The lowest BCUT2D eigenvalue weighted by atomic mass is 10.2. The van der Waals surface area contributed by atoms with E-state index in [-0.39, 0.29) is 18.3 Å².